The number of carbonyl (C=O) groups excluding carboxylic acids is 1. The van der Waals surface area contributed by atoms with E-state index in [1.807, 2.05) is 31.4 Å². The van der Waals surface area contributed by atoms with Crippen molar-refractivity contribution in [3.8, 4) is 0 Å². The van der Waals surface area contributed by atoms with Crippen LogP contribution < -0.4 is 5.32 Å². The molecule has 1 amide bonds. The van der Waals surface area contributed by atoms with Crippen LogP contribution in [0.15, 0.2) is 12.4 Å². The Morgan fingerprint density at radius 2 is 2.08 bits per heavy atom. The van der Waals surface area contributed by atoms with Crippen molar-refractivity contribution in [3.05, 3.63) is 18.2 Å². The number of aryl methyl sites for hydroxylation is 1. The Bertz CT molecular complexity index is 555. The van der Waals surface area contributed by atoms with Gasteiger partial charge in [0.05, 0.1) is 12.6 Å². The first kappa shape index (κ1) is 20.2. The SMILES string of the molecule is CC1CCC(N(C)C(=O)CN2CCNCC2c2nccn2C)CC1.Cl. The molecule has 1 saturated carbocycles. The van der Waals surface area contributed by atoms with Gasteiger partial charge < -0.3 is 14.8 Å². The van der Waals surface area contributed by atoms with Crippen molar-refractivity contribution in [2.24, 2.45) is 13.0 Å². The Labute approximate surface area is 157 Å². The van der Waals surface area contributed by atoms with Crippen LogP contribution in [0.25, 0.3) is 0 Å². The normalized spacial score (nSPS) is 27.6. The number of hydrogen-bond donors (Lipinski definition) is 1. The molecule has 3 rings (SSSR count). The van der Waals surface area contributed by atoms with Crippen molar-refractivity contribution in [2.45, 2.75) is 44.7 Å². The number of halogens is 1. The van der Waals surface area contributed by atoms with Crippen molar-refractivity contribution in [3.63, 3.8) is 0 Å². The van der Waals surface area contributed by atoms with E-state index in [1.54, 1.807) is 0 Å². The molecule has 1 saturated heterocycles. The molecular weight excluding hydrogens is 338 g/mol. The summed E-state index contributed by atoms with van der Waals surface area (Å²) in [4.78, 5) is 21.6. The lowest BCUT2D eigenvalue weighted by Crippen LogP contribution is -2.51. The second-order valence-corrected chi connectivity index (χ2v) is 7.51. The van der Waals surface area contributed by atoms with Gasteiger partial charge in [-0.1, -0.05) is 6.92 Å². The standard InChI is InChI=1S/C18H31N5O.ClH/c1-14-4-6-15(7-5-14)22(3)17(24)13-23-11-8-19-12-16(23)18-20-9-10-21(18)2;/h9-10,14-16,19H,4-8,11-13H2,1-3H3;1H. The van der Waals surface area contributed by atoms with Crippen LogP contribution in [-0.2, 0) is 11.8 Å². The fourth-order valence-electron chi connectivity index (χ4n) is 4.01. The van der Waals surface area contributed by atoms with Gasteiger partial charge in [-0.15, -0.1) is 12.4 Å². The van der Waals surface area contributed by atoms with Crippen molar-refractivity contribution >= 4 is 18.3 Å². The van der Waals surface area contributed by atoms with Gasteiger partial charge in [-0.2, -0.15) is 0 Å². The van der Waals surface area contributed by atoms with Crippen LogP contribution in [0.5, 0.6) is 0 Å². The number of nitrogens with zero attached hydrogens (tertiary/aromatic N) is 4. The van der Waals surface area contributed by atoms with Gasteiger partial charge in [-0.25, -0.2) is 4.98 Å². The Morgan fingerprint density at radius 3 is 2.72 bits per heavy atom. The lowest BCUT2D eigenvalue weighted by molar-refractivity contribution is -0.134. The second kappa shape index (κ2) is 9.01. The number of imidazole rings is 1. The summed E-state index contributed by atoms with van der Waals surface area (Å²) in [7, 11) is 4.01. The number of piperazine rings is 1. The van der Waals surface area contributed by atoms with E-state index >= 15 is 0 Å². The zero-order chi connectivity index (χ0) is 17.1. The number of aromatic nitrogens is 2. The van der Waals surface area contributed by atoms with E-state index in [0.717, 1.165) is 44.2 Å². The Morgan fingerprint density at radius 1 is 1.36 bits per heavy atom. The third kappa shape index (κ3) is 4.74. The number of likely N-dealkylation sites (N-methyl/N-ethyl adjacent to an activating group) is 1. The summed E-state index contributed by atoms with van der Waals surface area (Å²) in [5, 5.41) is 3.43. The summed E-state index contributed by atoms with van der Waals surface area (Å²) in [6.07, 6.45) is 8.58. The molecule has 1 aliphatic carbocycles. The number of hydrogen-bond acceptors (Lipinski definition) is 4. The summed E-state index contributed by atoms with van der Waals surface area (Å²) in [5.41, 5.74) is 0. The molecular formula is C18H32ClN5O. The average Bonchev–Trinajstić information content (AvgIpc) is 3.01. The highest BCUT2D eigenvalue weighted by molar-refractivity contribution is 5.85. The van der Waals surface area contributed by atoms with E-state index in [4.69, 9.17) is 0 Å². The predicted octanol–water partition coefficient (Wildman–Crippen LogP) is 1.83. The first-order valence-corrected chi connectivity index (χ1v) is 9.24. The maximum absolute atomic E-state index is 12.8. The highest BCUT2D eigenvalue weighted by Crippen LogP contribution is 2.27. The molecule has 2 fully saturated rings. The van der Waals surface area contributed by atoms with Gasteiger partial charge in [0.2, 0.25) is 5.91 Å². The quantitative estimate of drug-likeness (QED) is 0.879. The zero-order valence-electron chi connectivity index (χ0n) is 15.6. The molecule has 0 aromatic carbocycles. The molecule has 1 aromatic heterocycles. The molecule has 0 radical (unpaired) electrons. The third-order valence-electron chi connectivity index (χ3n) is 5.78. The second-order valence-electron chi connectivity index (χ2n) is 7.51. The molecule has 2 heterocycles. The molecule has 1 atom stereocenters. The van der Waals surface area contributed by atoms with E-state index < -0.39 is 0 Å². The molecule has 0 bridgehead atoms. The van der Waals surface area contributed by atoms with Crippen molar-refractivity contribution in [1.29, 1.82) is 0 Å². The minimum atomic E-state index is 0. The molecule has 7 heteroatoms. The summed E-state index contributed by atoms with van der Waals surface area (Å²) in [5.74, 6) is 2.09. The van der Waals surface area contributed by atoms with Crippen LogP contribution in [0, 0.1) is 5.92 Å². The van der Waals surface area contributed by atoms with Crippen LogP contribution in [0.4, 0.5) is 0 Å². The van der Waals surface area contributed by atoms with E-state index in [0.29, 0.717) is 12.6 Å². The van der Waals surface area contributed by atoms with Crippen molar-refractivity contribution in [2.75, 3.05) is 33.2 Å². The number of carbonyl (C=O) groups is 1. The lowest BCUT2D eigenvalue weighted by Gasteiger charge is -2.38. The topological polar surface area (TPSA) is 53.4 Å². The van der Waals surface area contributed by atoms with Crippen LogP contribution in [0.2, 0.25) is 0 Å². The van der Waals surface area contributed by atoms with Gasteiger partial charge in [0.25, 0.3) is 0 Å². The molecule has 6 nitrogen and oxygen atoms in total. The number of nitrogens with one attached hydrogen (secondary N) is 1. The summed E-state index contributed by atoms with van der Waals surface area (Å²) in [6, 6.07) is 0.589. The van der Waals surface area contributed by atoms with E-state index in [-0.39, 0.29) is 24.4 Å². The van der Waals surface area contributed by atoms with E-state index in [9.17, 15) is 4.79 Å². The average molecular weight is 370 g/mol. The smallest absolute Gasteiger partial charge is 0.236 e. The highest BCUT2D eigenvalue weighted by atomic mass is 35.5. The Hall–Kier alpha value is -1.11. The first-order valence-electron chi connectivity index (χ1n) is 9.24. The van der Waals surface area contributed by atoms with Crippen LogP contribution >= 0.6 is 12.4 Å². The van der Waals surface area contributed by atoms with E-state index in [1.165, 1.54) is 12.8 Å². The van der Waals surface area contributed by atoms with Gasteiger partial charge >= 0.3 is 0 Å². The highest BCUT2D eigenvalue weighted by Gasteiger charge is 2.31. The Kier molecular flexibility index (Phi) is 7.28. The van der Waals surface area contributed by atoms with Crippen LogP contribution in [0.1, 0.15) is 44.5 Å². The maximum Gasteiger partial charge on any atom is 0.236 e. The Balaban J connectivity index is 0.00000225. The van der Waals surface area contributed by atoms with Crippen molar-refractivity contribution in [1.82, 2.24) is 24.7 Å². The van der Waals surface area contributed by atoms with Gasteiger partial charge in [0.1, 0.15) is 5.82 Å². The number of rotatable bonds is 4. The fourth-order valence-corrected chi connectivity index (χ4v) is 4.01. The van der Waals surface area contributed by atoms with Gasteiger partial charge in [-0.05, 0) is 31.6 Å². The monoisotopic (exact) mass is 369 g/mol. The van der Waals surface area contributed by atoms with E-state index in [2.05, 4.69) is 26.7 Å². The third-order valence-corrected chi connectivity index (χ3v) is 5.78. The molecule has 1 unspecified atom stereocenters. The number of amides is 1. The summed E-state index contributed by atoms with van der Waals surface area (Å²) >= 11 is 0. The van der Waals surface area contributed by atoms with Crippen molar-refractivity contribution < 1.29 is 4.79 Å². The molecule has 1 aromatic rings. The minimum absolute atomic E-state index is 0. The van der Waals surface area contributed by atoms with Gasteiger partial charge in [0, 0.05) is 52.2 Å². The summed E-state index contributed by atoms with van der Waals surface area (Å²) in [6.45, 7) is 5.47. The van der Waals surface area contributed by atoms with Gasteiger partial charge in [0.15, 0.2) is 0 Å². The lowest BCUT2D eigenvalue weighted by atomic mass is 9.87. The van der Waals surface area contributed by atoms with Gasteiger partial charge in [-0.3, -0.25) is 9.69 Å². The molecule has 1 N–H and O–H groups in total. The van der Waals surface area contributed by atoms with Crippen LogP contribution in [0.3, 0.4) is 0 Å². The molecule has 0 spiro atoms. The maximum atomic E-state index is 12.8. The van der Waals surface area contributed by atoms with Crippen LogP contribution in [-0.4, -0.2) is 64.5 Å². The predicted molar refractivity (Wildman–Crippen MR) is 102 cm³/mol. The molecule has 142 valence electrons. The minimum Gasteiger partial charge on any atom is -0.342 e. The fraction of sp³-hybridized carbons (Fsp3) is 0.778. The summed E-state index contributed by atoms with van der Waals surface area (Å²) < 4.78 is 2.06. The first-order chi connectivity index (χ1) is 11.6. The largest absolute Gasteiger partial charge is 0.342 e. The molecule has 25 heavy (non-hydrogen) atoms. The molecule has 1 aliphatic heterocycles. The molecule has 2 aliphatic rings. The zero-order valence-corrected chi connectivity index (χ0v) is 16.5.